The van der Waals surface area contributed by atoms with Crippen molar-refractivity contribution in [2.75, 3.05) is 6.54 Å². The molecule has 0 amide bonds. The lowest BCUT2D eigenvalue weighted by molar-refractivity contribution is -0.129. The predicted molar refractivity (Wildman–Crippen MR) is 96.7 cm³/mol. The number of nitrogens with one attached hydrogen (secondary N) is 1. The highest BCUT2D eigenvalue weighted by atomic mass is 35.5. The molecule has 2 aromatic carbocycles. The van der Waals surface area contributed by atoms with Gasteiger partial charge in [-0.25, -0.2) is 22.1 Å². The molecule has 0 aliphatic heterocycles. The molecular formula is C16H14ClNO5S2. The van der Waals surface area contributed by atoms with Gasteiger partial charge in [-0.1, -0.05) is 29.8 Å². The number of rotatable bonds is 7. The lowest BCUT2D eigenvalue weighted by Crippen LogP contribution is -2.26. The molecule has 0 atom stereocenters. The minimum Gasteiger partial charge on any atom is -0.477 e. The van der Waals surface area contributed by atoms with Crippen LogP contribution in [0.5, 0.6) is 0 Å². The Kier molecular flexibility index (Phi) is 6.49. The summed E-state index contributed by atoms with van der Waals surface area (Å²) in [6.45, 7) is 0.126. The van der Waals surface area contributed by atoms with Crippen LogP contribution in [0.15, 0.2) is 53.4 Å². The topological polar surface area (TPSA) is 101 Å². The van der Waals surface area contributed by atoms with Crippen molar-refractivity contribution in [2.45, 2.75) is 11.3 Å². The van der Waals surface area contributed by atoms with Gasteiger partial charge >= 0.3 is 5.97 Å². The smallest absolute Gasteiger partial charge is 0.349 e. The number of halogens is 1. The van der Waals surface area contributed by atoms with Crippen LogP contribution in [0.1, 0.15) is 11.1 Å². The van der Waals surface area contributed by atoms with Crippen molar-refractivity contribution in [3.63, 3.8) is 0 Å². The molecule has 0 aliphatic carbocycles. The summed E-state index contributed by atoms with van der Waals surface area (Å²) in [5.41, 5.74) is 1.01. The van der Waals surface area contributed by atoms with Crippen LogP contribution in [0.3, 0.4) is 0 Å². The predicted octanol–water partition coefficient (Wildman–Crippen LogP) is 1.68. The first-order chi connectivity index (χ1) is 11.8. The Morgan fingerprint density at radius 1 is 1.16 bits per heavy atom. The summed E-state index contributed by atoms with van der Waals surface area (Å²) in [5.74, 6) is -1.29. The van der Waals surface area contributed by atoms with E-state index in [4.69, 9.17) is 16.7 Å². The van der Waals surface area contributed by atoms with Crippen molar-refractivity contribution >= 4 is 43.7 Å². The Morgan fingerprint density at radius 3 is 2.44 bits per heavy atom. The highest BCUT2D eigenvalue weighted by Crippen LogP contribution is 2.14. The van der Waals surface area contributed by atoms with E-state index in [1.165, 1.54) is 30.3 Å². The number of aliphatic carboxylic acids is 1. The second-order valence-electron chi connectivity index (χ2n) is 5.02. The maximum atomic E-state index is 12.2. The second-order valence-corrected chi connectivity index (χ2v) is 7.80. The number of carbonyl (C=O) groups is 1. The van der Waals surface area contributed by atoms with Gasteiger partial charge in [0.05, 0.1) is 4.90 Å². The third kappa shape index (κ3) is 5.23. The quantitative estimate of drug-likeness (QED) is 0.545. The summed E-state index contributed by atoms with van der Waals surface area (Å²) in [4.78, 5) is 10.8. The molecule has 0 spiro atoms. The first kappa shape index (κ1) is 19.3. The van der Waals surface area contributed by atoms with Gasteiger partial charge in [0, 0.05) is 17.1 Å². The van der Waals surface area contributed by atoms with E-state index in [1.54, 1.807) is 18.2 Å². The summed E-state index contributed by atoms with van der Waals surface area (Å²) in [5, 5.41) is 9.43. The molecule has 0 radical (unpaired) electrons. The maximum Gasteiger partial charge on any atom is 0.349 e. The molecule has 0 aliphatic rings. The molecule has 0 saturated heterocycles. The molecule has 0 unspecified atom stereocenters. The minimum absolute atomic E-state index is 0.0888. The molecule has 0 saturated carbocycles. The fraction of sp³-hybridized carbons (Fsp3) is 0.125. The van der Waals surface area contributed by atoms with Gasteiger partial charge in [-0.05, 0) is 42.3 Å². The number of hydrogen-bond acceptors (Lipinski definition) is 4. The number of carboxylic acid groups (broad SMARTS) is 1. The zero-order valence-corrected chi connectivity index (χ0v) is 15.2. The van der Waals surface area contributed by atoms with Gasteiger partial charge in [0.2, 0.25) is 10.0 Å². The fourth-order valence-electron chi connectivity index (χ4n) is 2.10. The summed E-state index contributed by atoms with van der Waals surface area (Å²) >= 11 is 5.65. The Balaban J connectivity index is 2.06. The normalized spacial score (nSPS) is 11.1. The lowest BCUT2D eigenvalue weighted by Gasteiger charge is -2.08. The standard InChI is InChI=1S/C16H14ClNO5S2/c17-13-4-6-14(7-5-13)25(22,23)18-9-8-11-2-1-3-12(10-11)15(24-21)16(19)20/h1-7,10,18H,8-9H2,(H,19,20). The molecule has 0 heterocycles. The molecule has 25 heavy (non-hydrogen) atoms. The van der Waals surface area contributed by atoms with Gasteiger partial charge in [0.15, 0.2) is 4.86 Å². The Labute approximate surface area is 153 Å². The third-order valence-corrected chi connectivity index (χ3v) is 5.60. The van der Waals surface area contributed by atoms with E-state index in [0.29, 0.717) is 22.6 Å². The average Bonchev–Trinajstić information content (AvgIpc) is 2.56. The van der Waals surface area contributed by atoms with Crippen LogP contribution < -0.4 is 4.72 Å². The first-order valence-electron chi connectivity index (χ1n) is 7.08. The van der Waals surface area contributed by atoms with Gasteiger partial charge in [0.1, 0.15) is 11.3 Å². The summed E-state index contributed by atoms with van der Waals surface area (Å²) < 4.78 is 37.7. The minimum atomic E-state index is -3.65. The van der Waals surface area contributed by atoms with E-state index >= 15 is 0 Å². The van der Waals surface area contributed by atoms with Gasteiger partial charge in [0.25, 0.3) is 0 Å². The van der Waals surface area contributed by atoms with E-state index < -0.39 is 16.0 Å². The van der Waals surface area contributed by atoms with Crippen LogP contribution in [0.25, 0.3) is 0 Å². The monoisotopic (exact) mass is 399 g/mol. The van der Waals surface area contributed by atoms with E-state index in [1.807, 2.05) is 0 Å². The van der Waals surface area contributed by atoms with Crippen LogP contribution in [0.4, 0.5) is 0 Å². The Morgan fingerprint density at radius 2 is 1.84 bits per heavy atom. The highest BCUT2D eigenvalue weighted by molar-refractivity contribution is 7.89. The number of carboxylic acids is 1. The molecular weight excluding hydrogens is 386 g/mol. The van der Waals surface area contributed by atoms with Crippen molar-refractivity contribution in [1.29, 1.82) is 0 Å². The maximum absolute atomic E-state index is 12.2. The van der Waals surface area contributed by atoms with Crippen molar-refractivity contribution in [2.24, 2.45) is 0 Å². The summed E-state index contributed by atoms with van der Waals surface area (Å²) in [6.07, 6.45) is 0.344. The average molecular weight is 400 g/mol. The second kappa shape index (κ2) is 8.39. The van der Waals surface area contributed by atoms with Crippen LogP contribution >= 0.6 is 11.6 Å². The molecule has 2 N–H and O–H groups in total. The lowest BCUT2D eigenvalue weighted by atomic mass is 10.1. The molecule has 0 bridgehead atoms. The highest BCUT2D eigenvalue weighted by Gasteiger charge is 2.14. The molecule has 6 nitrogen and oxygen atoms in total. The summed E-state index contributed by atoms with van der Waals surface area (Å²) in [7, 11) is -3.65. The van der Waals surface area contributed by atoms with Crippen molar-refractivity contribution in [1.82, 2.24) is 4.72 Å². The molecule has 2 aromatic rings. The van der Waals surface area contributed by atoms with Crippen LogP contribution in [-0.2, 0) is 32.5 Å². The van der Waals surface area contributed by atoms with E-state index in [2.05, 4.69) is 4.72 Å². The fourth-order valence-corrected chi connectivity index (χ4v) is 3.55. The van der Waals surface area contributed by atoms with Crippen LogP contribution in [0, 0.1) is 0 Å². The van der Waals surface area contributed by atoms with Gasteiger partial charge in [-0.15, -0.1) is 0 Å². The van der Waals surface area contributed by atoms with Crippen molar-refractivity contribution in [3.05, 3.63) is 64.7 Å². The van der Waals surface area contributed by atoms with Crippen LogP contribution in [-0.4, -0.2) is 35.1 Å². The zero-order chi connectivity index (χ0) is 18.4. The molecule has 132 valence electrons. The van der Waals surface area contributed by atoms with Crippen LogP contribution in [0.2, 0.25) is 5.02 Å². The number of sulfonamides is 1. The van der Waals surface area contributed by atoms with Gasteiger partial charge < -0.3 is 5.11 Å². The largest absolute Gasteiger partial charge is 0.477 e. The zero-order valence-electron chi connectivity index (χ0n) is 12.8. The SMILES string of the molecule is O=S=C(C(=O)O)c1cccc(CCNS(=O)(=O)c2ccc(Cl)cc2)c1. The van der Waals surface area contributed by atoms with Gasteiger partial charge in [-0.3, -0.25) is 0 Å². The van der Waals surface area contributed by atoms with E-state index in [0.717, 1.165) is 0 Å². The molecule has 0 aromatic heterocycles. The van der Waals surface area contributed by atoms with E-state index in [9.17, 15) is 17.4 Å². The van der Waals surface area contributed by atoms with E-state index in [-0.39, 0.29) is 27.6 Å². The van der Waals surface area contributed by atoms with Crippen molar-refractivity contribution in [3.8, 4) is 0 Å². The molecule has 2 rings (SSSR count). The van der Waals surface area contributed by atoms with Gasteiger partial charge in [-0.2, -0.15) is 0 Å². The molecule has 0 fully saturated rings. The number of hydrogen-bond donors (Lipinski definition) is 2. The van der Waals surface area contributed by atoms with Crippen molar-refractivity contribution < 1.29 is 22.5 Å². The Bertz CT molecular complexity index is 935. The number of benzene rings is 2. The third-order valence-electron chi connectivity index (χ3n) is 3.30. The summed E-state index contributed by atoms with van der Waals surface area (Å²) in [6, 6.07) is 12.2. The first-order valence-corrected chi connectivity index (χ1v) is 9.68. The Hall–Kier alpha value is -2.00. The molecule has 9 heteroatoms.